The molecule has 0 bridgehead atoms. The van der Waals surface area contributed by atoms with E-state index in [1.807, 2.05) is 30.3 Å². The first-order valence-electron chi connectivity index (χ1n) is 7.74. The van der Waals surface area contributed by atoms with Crippen LogP contribution in [0.2, 0.25) is 0 Å². The molecule has 5 heteroatoms. The molecule has 0 aliphatic heterocycles. The Balaban J connectivity index is 1.87. The third kappa shape index (κ3) is 4.84. The average molecular weight is 326 g/mol. The minimum Gasteiger partial charge on any atom is -0.483 e. The molecule has 24 heavy (non-hydrogen) atoms. The average Bonchev–Trinajstić information content (AvgIpc) is 2.58. The zero-order valence-electron chi connectivity index (χ0n) is 14.1. The first-order chi connectivity index (χ1) is 11.4. The van der Waals surface area contributed by atoms with E-state index in [1.165, 1.54) is 0 Å². The highest BCUT2D eigenvalue weighted by atomic mass is 16.5. The summed E-state index contributed by atoms with van der Waals surface area (Å²) in [6.45, 7) is 6.06. The van der Waals surface area contributed by atoms with Crippen molar-refractivity contribution in [1.82, 2.24) is 10.9 Å². The molecule has 0 aromatic heterocycles. The molecule has 0 saturated heterocycles. The zero-order chi connectivity index (χ0) is 17.6. The van der Waals surface area contributed by atoms with Crippen molar-refractivity contribution in [2.45, 2.75) is 26.2 Å². The summed E-state index contributed by atoms with van der Waals surface area (Å²) in [5.41, 5.74) is 6.11. The zero-order valence-corrected chi connectivity index (χ0v) is 14.1. The van der Waals surface area contributed by atoms with Crippen LogP contribution in [0, 0.1) is 0 Å². The lowest BCUT2D eigenvalue weighted by Gasteiger charge is -2.22. The number of benzene rings is 2. The summed E-state index contributed by atoms with van der Waals surface area (Å²) in [6.07, 6.45) is 0. The second-order valence-corrected chi connectivity index (χ2v) is 6.40. The Morgan fingerprint density at radius 3 is 2.21 bits per heavy atom. The van der Waals surface area contributed by atoms with Crippen LogP contribution < -0.4 is 15.6 Å². The fraction of sp³-hybridized carbons (Fsp3) is 0.263. The molecule has 0 radical (unpaired) electrons. The van der Waals surface area contributed by atoms with E-state index < -0.39 is 5.91 Å². The fourth-order valence-corrected chi connectivity index (χ4v) is 2.18. The number of carbonyl (C=O) groups is 2. The van der Waals surface area contributed by atoms with Gasteiger partial charge in [0.15, 0.2) is 6.61 Å². The van der Waals surface area contributed by atoms with Crippen LogP contribution >= 0.6 is 0 Å². The van der Waals surface area contributed by atoms with Crippen LogP contribution in [0.1, 0.15) is 36.7 Å². The summed E-state index contributed by atoms with van der Waals surface area (Å²) in [4.78, 5) is 23.7. The van der Waals surface area contributed by atoms with E-state index >= 15 is 0 Å². The van der Waals surface area contributed by atoms with Gasteiger partial charge >= 0.3 is 0 Å². The molecule has 2 aromatic rings. The molecule has 0 unspecified atom stereocenters. The Kier molecular flexibility index (Phi) is 5.58. The number of para-hydroxylation sites is 1. The molecule has 0 spiro atoms. The second-order valence-electron chi connectivity index (χ2n) is 6.40. The molecule has 0 atom stereocenters. The van der Waals surface area contributed by atoms with Crippen molar-refractivity contribution in [3.63, 3.8) is 0 Å². The SMILES string of the molecule is CC(C)(C)c1ccccc1OCC(=O)NNC(=O)c1ccccc1. The summed E-state index contributed by atoms with van der Waals surface area (Å²) in [7, 11) is 0. The number of rotatable bonds is 4. The van der Waals surface area contributed by atoms with Gasteiger partial charge in [0.2, 0.25) is 0 Å². The normalized spacial score (nSPS) is 10.8. The lowest BCUT2D eigenvalue weighted by molar-refractivity contribution is -0.123. The van der Waals surface area contributed by atoms with Gasteiger partial charge in [-0.25, -0.2) is 0 Å². The first kappa shape index (κ1) is 17.5. The Bertz CT molecular complexity index is 706. The van der Waals surface area contributed by atoms with Crippen molar-refractivity contribution in [1.29, 1.82) is 0 Å². The van der Waals surface area contributed by atoms with Crippen molar-refractivity contribution >= 4 is 11.8 Å². The highest BCUT2D eigenvalue weighted by Crippen LogP contribution is 2.30. The third-order valence-electron chi connectivity index (χ3n) is 3.41. The topological polar surface area (TPSA) is 67.4 Å². The van der Waals surface area contributed by atoms with Gasteiger partial charge in [0, 0.05) is 5.56 Å². The summed E-state index contributed by atoms with van der Waals surface area (Å²) in [5.74, 6) is -0.142. The Morgan fingerprint density at radius 1 is 0.917 bits per heavy atom. The van der Waals surface area contributed by atoms with Crippen LogP contribution in [-0.2, 0) is 10.2 Å². The second kappa shape index (κ2) is 7.64. The predicted octanol–water partition coefficient (Wildman–Crippen LogP) is 2.82. The monoisotopic (exact) mass is 326 g/mol. The van der Waals surface area contributed by atoms with E-state index in [2.05, 4.69) is 31.6 Å². The maximum atomic E-state index is 11.9. The number of hydrazine groups is 1. The smallest absolute Gasteiger partial charge is 0.276 e. The third-order valence-corrected chi connectivity index (χ3v) is 3.41. The molecule has 0 heterocycles. The van der Waals surface area contributed by atoms with E-state index in [9.17, 15) is 9.59 Å². The summed E-state index contributed by atoms with van der Waals surface area (Å²) in [6, 6.07) is 16.3. The Morgan fingerprint density at radius 2 is 1.54 bits per heavy atom. The van der Waals surface area contributed by atoms with Gasteiger partial charge in [-0.15, -0.1) is 0 Å². The number of hydrogen-bond acceptors (Lipinski definition) is 3. The van der Waals surface area contributed by atoms with Crippen molar-refractivity contribution in [2.75, 3.05) is 6.61 Å². The Hall–Kier alpha value is -2.82. The molecular formula is C19H22N2O3. The highest BCUT2D eigenvalue weighted by Gasteiger charge is 2.19. The molecule has 0 saturated carbocycles. The summed E-state index contributed by atoms with van der Waals surface area (Å²) < 4.78 is 5.60. The van der Waals surface area contributed by atoms with Crippen molar-refractivity contribution in [2.24, 2.45) is 0 Å². The maximum Gasteiger partial charge on any atom is 0.276 e. The molecule has 2 amide bonds. The quantitative estimate of drug-likeness (QED) is 0.849. The number of hydrogen-bond donors (Lipinski definition) is 2. The molecule has 126 valence electrons. The van der Waals surface area contributed by atoms with Gasteiger partial charge in [0.05, 0.1) is 0 Å². The lowest BCUT2D eigenvalue weighted by Crippen LogP contribution is -2.43. The summed E-state index contributed by atoms with van der Waals surface area (Å²) >= 11 is 0. The number of carbonyl (C=O) groups excluding carboxylic acids is 2. The van der Waals surface area contributed by atoms with E-state index in [4.69, 9.17) is 4.74 Å². The van der Waals surface area contributed by atoms with Crippen LogP contribution in [0.5, 0.6) is 5.75 Å². The van der Waals surface area contributed by atoms with Gasteiger partial charge in [-0.05, 0) is 29.2 Å². The van der Waals surface area contributed by atoms with Crippen molar-refractivity contribution in [3.8, 4) is 5.75 Å². The number of amides is 2. The van der Waals surface area contributed by atoms with Gasteiger partial charge < -0.3 is 4.74 Å². The molecule has 2 N–H and O–H groups in total. The fourth-order valence-electron chi connectivity index (χ4n) is 2.18. The maximum absolute atomic E-state index is 11.9. The molecular weight excluding hydrogens is 304 g/mol. The largest absolute Gasteiger partial charge is 0.483 e. The van der Waals surface area contributed by atoms with E-state index in [-0.39, 0.29) is 17.9 Å². The van der Waals surface area contributed by atoms with Crippen LogP contribution in [0.4, 0.5) is 0 Å². The molecule has 5 nitrogen and oxygen atoms in total. The predicted molar refractivity (Wildman–Crippen MR) is 92.7 cm³/mol. The molecule has 0 aliphatic carbocycles. The molecule has 2 aromatic carbocycles. The van der Waals surface area contributed by atoms with Gasteiger partial charge in [-0.1, -0.05) is 57.2 Å². The number of nitrogens with one attached hydrogen (secondary N) is 2. The molecule has 0 aliphatic rings. The van der Waals surface area contributed by atoms with E-state index in [0.717, 1.165) is 5.56 Å². The lowest BCUT2D eigenvalue weighted by atomic mass is 9.86. The van der Waals surface area contributed by atoms with Gasteiger partial charge in [0.1, 0.15) is 5.75 Å². The van der Waals surface area contributed by atoms with Gasteiger partial charge in [-0.2, -0.15) is 0 Å². The highest BCUT2D eigenvalue weighted by molar-refractivity contribution is 5.95. The van der Waals surface area contributed by atoms with Crippen molar-refractivity contribution < 1.29 is 14.3 Å². The standard InChI is InChI=1S/C19H22N2O3/c1-19(2,3)15-11-7-8-12-16(15)24-13-17(22)20-21-18(23)14-9-5-4-6-10-14/h4-12H,13H2,1-3H3,(H,20,22)(H,21,23). The first-order valence-corrected chi connectivity index (χ1v) is 7.74. The van der Waals surface area contributed by atoms with E-state index in [1.54, 1.807) is 24.3 Å². The van der Waals surface area contributed by atoms with Gasteiger partial charge in [0.25, 0.3) is 11.8 Å². The van der Waals surface area contributed by atoms with Crippen LogP contribution in [-0.4, -0.2) is 18.4 Å². The van der Waals surface area contributed by atoms with Crippen LogP contribution in [0.15, 0.2) is 54.6 Å². The number of ether oxygens (including phenoxy) is 1. The van der Waals surface area contributed by atoms with Crippen LogP contribution in [0.25, 0.3) is 0 Å². The summed E-state index contributed by atoms with van der Waals surface area (Å²) in [5, 5.41) is 0. The molecule has 0 fully saturated rings. The van der Waals surface area contributed by atoms with E-state index in [0.29, 0.717) is 11.3 Å². The minimum atomic E-state index is -0.428. The van der Waals surface area contributed by atoms with Gasteiger partial charge in [-0.3, -0.25) is 20.4 Å². The minimum absolute atomic E-state index is 0.0887. The van der Waals surface area contributed by atoms with Crippen molar-refractivity contribution in [3.05, 3.63) is 65.7 Å². The Labute approximate surface area is 142 Å². The van der Waals surface area contributed by atoms with Crippen LogP contribution in [0.3, 0.4) is 0 Å². The molecule has 2 rings (SSSR count).